The lowest BCUT2D eigenvalue weighted by Crippen LogP contribution is -2.19. The zero-order chi connectivity index (χ0) is 24.5. The number of esters is 2. The van der Waals surface area contributed by atoms with Crippen LogP contribution in [-0.4, -0.2) is 58.3 Å². The number of ether oxygens (including phenoxy) is 3. The van der Waals surface area contributed by atoms with Crippen molar-refractivity contribution in [3.05, 3.63) is 101 Å². The topological polar surface area (TPSA) is 65.1 Å². The van der Waals surface area contributed by atoms with Crippen molar-refractivity contribution in [1.29, 1.82) is 0 Å². The molecule has 0 N–H and O–H groups in total. The maximum Gasteiger partial charge on any atom is 0.337 e. The van der Waals surface area contributed by atoms with Gasteiger partial charge >= 0.3 is 11.9 Å². The zero-order valence-electron chi connectivity index (χ0n) is 19.9. The van der Waals surface area contributed by atoms with E-state index in [4.69, 9.17) is 14.2 Å². The van der Waals surface area contributed by atoms with Gasteiger partial charge in [0.2, 0.25) is 0 Å². The normalized spacial score (nSPS) is 11.3. The van der Waals surface area contributed by atoms with Gasteiger partial charge in [-0.1, -0.05) is 36.4 Å². The molecule has 0 amide bonds. The van der Waals surface area contributed by atoms with E-state index in [2.05, 4.69) is 4.90 Å². The first-order valence-electron chi connectivity index (χ1n) is 10.9. The van der Waals surface area contributed by atoms with Gasteiger partial charge in [-0.05, 0) is 78.8 Å². The van der Waals surface area contributed by atoms with E-state index in [9.17, 15) is 9.59 Å². The van der Waals surface area contributed by atoms with E-state index < -0.39 is 0 Å². The Morgan fingerprint density at radius 1 is 0.765 bits per heavy atom. The van der Waals surface area contributed by atoms with Gasteiger partial charge in [0.05, 0.1) is 25.3 Å². The van der Waals surface area contributed by atoms with E-state index in [0.29, 0.717) is 17.7 Å². The molecule has 34 heavy (non-hydrogen) atoms. The van der Waals surface area contributed by atoms with Gasteiger partial charge in [-0.3, -0.25) is 0 Å². The summed E-state index contributed by atoms with van der Waals surface area (Å²) >= 11 is 0. The Morgan fingerprint density at radius 2 is 1.32 bits per heavy atom. The number of rotatable bonds is 9. The lowest BCUT2D eigenvalue weighted by Gasteiger charge is -2.14. The molecule has 0 unspecified atom stereocenters. The molecule has 6 nitrogen and oxygen atoms in total. The second kappa shape index (κ2) is 11.8. The fourth-order valence-corrected chi connectivity index (χ4v) is 3.34. The van der Waals surface area contributed by atoms with Crippen LogP contribution in [0.25, 0.3) is 11.6 Å². The third kappa shape index (κ3) is 6.56. The Balaban J connectivity index is 1.99. The average Bonchev–Trinajstić information content (AvgIpc) is 2.87. The molecule has 0 saturated carbocycles. The summed E-state index contributed by atoms with van der Waals surface area (Å²) < 4.78 is 15.5. The van der Waals surface area contributed by atoms with Crippen LogP contribution >= 0.6 is 0 Å². The zero-order valence-corrected chi connectivity index (χ0v) is 19.9. The fourth-order valence-electron chi connectivity index (χ4n) is 3.34. The summed E-state index contributed by atoms with van der Waals surface area (Å²) in [7, 11) is 6.73. The Bertz CT molecular complexity index is 1150. The minimum atomic E-state index is -0.383. The molecule has 0 aliphatic carbocycles. The quantitative estimate of drug-likeness (QED) is 0.339. The van der Waals surface area contributed by atoms with Gasteiger partial charge < -0.3 is 19.1 Å². The third-order valence-corrected chi connectivity index (χ3v) is 5.21. The van der Waals surface area contributed by atoms with Crippen LogP contribution in [0.1, 0.15) is 37.4 Å². The van der Waals surface area contributed by atoms with Gasteiger partial charge in [0, 0.05) is 6.54 Å². The van der Waals surface area contributed by atoms with Crippen molar-refractivity contribution in [3.63, 3.8) is 0 Å². The highest BCUT2D eigenvalue weighted by Crippen LogP contribution is 2.29. The van der Waals surface area contributed by atoms with Crippen LogP contribution in [0.3, 0.4) is 0 Å². The van der Waals surface area contributed by atoms with Crippen molar-refractivity contribution >= 4 is 23.6 Å². The molecule has 3 aromatic carbocycles. The Hall–Kier alpha value is -3.90. The van der Waals surface area contributed by atoms with Gasteiger partial charge in [0.25, 0.3) is 0 Å². The number of nitrogens with zero attached hydrogens (tertiary/aromatic N) is 1. The first kappa shape index (κ1) is 24.7. The molecule has 0 radical (unpaired) electrons. The van der Waals surface area contributed by atoms with Crippen LogP contribution in [0.5, 0.6) is 5.75 Å². The van der Waals surface area contributed by atoms with Gasteiger partial charge in [-0.15, -0.1) is 0 Å². The van der Waals surface area contributed by atoms with Crippen LogP contribution in [0.4, 0.5) is 0 Å². The molecule has 3 aromatic rings. The number of carbonyl (C=O) groups excluding carboxylic acids is 2. The van der Waals surface area contributed by atoms with E-state index in [0.717, 1.165) is 34.6 Å². The SMILES string of the molecule is COC(=O)c1ccc(/C=C(\c2ccc(C(=O)OC)cc2)c2cccc(OCCN(C)C)c2)cc1. The minimum Gasteiger partial charge on any atom is -0.492 e. The average molecular weight is 460 g/mol. The number of benzene rings is 3. The summed E-state index contributed by atoms with van der Waals surface area (Å²) in [5, 5.41) is 0. The Morgan fingerprint density at radius 3 is 1.88 bits per heavy atom. The number of likely N-dealkylation sites (N-methyl/N-ethyl adjacent to an activating group) is 1. The van der Waals surface area contributed by atoms with E-state index in [1.807, 2.05) is 68.7 Å². The maximum atomic E-state index is 11.9. The molecule has 176 valence electrons. The van der Waals surface area contributed by atoms with Crippen molar-refractivity contribution in [2.24, 2.45) is 0 Å². The van der Waals surface area contributed by atoms with Crippen LogP contribution in [0, 0.1) is 0 Å². The molecular formula is C28H29NO5. The molecule has 0 aromatic heterocycles. The van der Waals surface area contributed by atoms with Crippen molar-refractivity contribution < 1.29 is 23.8 Å². The molecule has 0 bridgehead atoms. The largest absolute Gasteiger partial charge is 0.492 e. The molecule has 0 atom stereocenters. The lowest BCUT2D eigenvalue weighted by molar-refractivity contribution is 0.0592. The predicted octanol–water partition coefficient (Wildman–Crippen LogP) is 4.79. The van der Waals surface area contributed by atoms with Gasteiger partial charge in [-0.25, -0.2) is 9.59 Å². The first-order valence-corrected chi connectivity index (χ1v) is 10.9. The molecule has 0 heterocycles. The fraction of sp³-hybridized carbons (Fsp3) is 0.214. The van der Waals surface area contributed by atoms with Crippen molar-refractivity contribution in [2.75, 3.05) is 41.5 Å². The number of carbonyl (C=O) groups is 2. The summed E-state index contributed by atoms with van der Waals surface area (Å²) in [5.41, 5.74) is 4.72. The predicted molar refractivity (Wildman–Crippen MR) is 133 cm³/mol. The van der Waals surface area contributed by atoms with Crippen LogP contribution in [0.2, 0.25) is 0 Å². The van der Waals surface area contributed by atoms with Crippen LogP contribution < -0.4 is 4.74 Å². The molecular weight excluding hydrogens is 430 g/mol. The second-order valence-electron chi connectivity index (χ2n) is 7.92. The molecule has 0 fully saturated rings. The summed E-state index contributed by atoms with van der Waals surface area (Å²) in [5.74, 6) is 0.0148. The van der Waals surface area contributed by atoms with Crippen molar-refractivity contribution in [1.82, 2.24) is 4.90 Å². The Labute approximate surface area is 200 Å². The first-order chi connectivity index (χ1) is 16.4. The molecule has 3 rings (SSSR count). The van der Waals surface area contributed by atoms with E-state index in [1.165, 1.54) is 14.2 Å². The maximum absolute atomic E-state index is 11.9. The van der Waals surface area contributed by atoms with Gasteiger partial charge in [0.15, 0.2) is 0 Å². The number of methoxy groups -OCH3 is 2. The Kier molecular flexibility index (Phi) is 8.60. The molecule has 0 saturated heterocycles. The summed E-state index contributed by atoms with van der Waals surface area (Å²) in [6.07, 6.45) is 2.03. The smallest absolute Gasteiger partial charge is 0.337 e. The number of hydrogen-bond acceptors (Lipinski definition) is 6. The summed E-state index contributed by atoms with van der Waals surface area (Å²) in [6.45, 7) is 1.40. The molecule has 0 spiro atoms. The third-order valence-electron chi connectivity index (χ3n) is 5.21. The molecule has 0 aliphatic heterocycles. The van der Waals surface area contributed by atoms with E-state index in [1.54, 1.807) is 24.3 Å². The lowest BCUT2D eigenvalue weighted by atomic mass is 9.94. The van der Waals surface area contributed by atoms with Crippen LogP contribution in [-0.2, 0) is 9.47 Å². The van der Waals surface area contributed by atoms with Gasteiger partial charge in [0.1, 0.15) is 12.4 Å². The monoisotopic (exact) mass is 459 g/mol. The molecule has 6 heteroatoms. The molecule has 0 aliphatic rings. The van der Waals surface area contributed by atoms with Crippen molar-refractivity contribution in [3.8, 4) is 5.75 Å². The van der Waals surface area contributed by atoms with Crippen LogP contribution in [0.15, 0.2) is 72.8 Å². The minimum absolute atomic E-state index is 0.378. The van der Waals surface area contributed by atoms with Crippen molar-refractivity contribution in [2.45, 2.75) is 0 Å². The number of hydrogen-bond donors (Lipinski definition) is 0. The summed E-state index contributed by atoms with van der Waals surface area (Å²) in [4.78, 5) is 25.7. The highest BCUT2D eigenvalue weighted by molar-refractivity contribution is 5.94. The standard InChI is InChI=1S/C28H29NO5/c1-29(2)16-17-34-25-7-5-6-24(19-25)26(21-12-14-23(15-13-21)28(31)33-4)18-20-8-10-22(11-9-20)27(30)32-3/h5-15,18-19H,16-17H2,1-4H3/b26-18+. The highest BCUT2D eigenvalue weighted by atomic mass is 16.5. The van der Waals surface area contributed by atoms with E-state index >= 15 is 0 Å². The summed E-state index contributed by atoms with van der Waals surface area (Å²) in [6, 6.07) is 22.4. The highest BCUT2D eigenvalue weighted by Gasteiger charge is 2.11. The van der Waals surface area contributed by atoms with Gasteiger partial charge in [-0.2, -0.15) is 0 Å². The van der Waals surface area contributed by atoms with E-state index in [-0.39, 0.29) is 11.9 Å². The second-order valence-corrected chi connectivity index (χ2v) is 7.92.